The summed E-state index contributed by atoms with van der Waals surface area (Å²) in [6.07, 6.45) is 0. The van der Waals surface area contributed by atoms with Gasteiger partial charge >= 0.3 is 11.9 Å². The van der Waals surface area contributed by atoms with Gasteiger partial charge in [0.05, 0.1) is 73.0 Å². The van der Waals surface area contributed by atoms with E-state index in [4.69, 9.17) is 42.1 Å². The Morgan fingerprint density at radius 3 is 2.50 bits per heavy atom. The van der Waals surface area contributed by atoms with Gasteiger partial charge in [-0.25, -0.2) is 14.0 Å². The Kier molecular flexibility index (Phi) is 12.4. The first-order valence-electron chi connectivity index (χ1n) is 12.8. The molecule has 0 fully saturated rings. The molecule has 1 atom stereocenters. The van der Waals surface area contributed by atoms with Crippen molar-refractivity contribution in [3.05, 3.63) is 92.0 Å². The maximum absolute atomic E-state index is 13.3. The van der Waals surface area contributed by atoms with Gasteiger partial charge in [-0.15, -0.1) is 0 Å². The van der Waals surface area contributed by atoms with Crippen molar-refractivity contribution in [3.8, 4) is 0 Å². The molecule has 2 N–H and O–H groups in total. The molecule has 8 nitrogen and oxygen atoms in total. The molecule has 216 valence electrons. The number of hydrogen-bond donors (Lipinski definition) is 2. The lowest BCUT2D eigenvalue weighted by Crippen LogP contribution is -2.35. The van der Waals surface area contributed by atoms with Crippen LogP contribution in [0.2, 0.25) is 10.0 Å². The summed E-state index contributed by atoms with van der Waals surface area (Å²) >= 11 is 12.8. The van der Waals surface area contributed by atoms with E-state index in [9.17, 15) is 14.0 Å². The Labute approximate surface area is 243 Å². The van der Waals surface area contributed by atoms with E-state index in [2.05, 4.69) is 10.6 Å². The summed E-state index contributed by atoms with van der Waals surface area (Å²) in [4.78, 5) is 26.1. The van der Waals surface area contributed by atoms with Crippen LogP contribution in [0.5, 0.6) is 0 Å². The van der Waals surface area contributed by atoms with Crippen molar-refractivity contribution in [1.82, 2.24) is 10.6 Å². The summed E-state index contributed by atoms with van der Waals surface area (Å²) in [5.74, 6) is -2.40. The fourth-order valence-electron chi connectivity index (χ4n) is 4.31. The molecule has 1 unspecified atom stereocenters. The summed E-state index contributed by atoms with van der Waals surface area (Å²) in [6.45, 7) is 5.67. The first-order valence-corrected chi connectivity index (χ1v) is 13.5. The zero-order chi connectivity index (χ0) is 29.1. The average Bonchev–Trinajstić information content (AvgIpc) is 2.93. The van der Waals surface area contributed by atoms with Crippen LogP contribution in [0.15, 0.2) is 65.0 Å². The predicted molar refractivity (Wildman–Crippen MR) is 150 cm³/mol. The number of allylic oxidation sites excluding steroid dienone is 1. The molecular weight excluding hydrogens is 562 g/mol. The van der Waals surface area contributed by atoms with Gasteiger partial charge < -0.3 is 29.6 Å². The standard InChI is InChI=1S/C29H33Cl2FN2O6/c1-4-40-29(36)26-23(17-39-14-13-38-12-11-33-16-19-7-5-8-20(32)15-19)34-18(2)24(28(35)37-3)25(26)21-9-6-10-22(30)27(21)31/h5-10,15,25,33-34H,4,11-14,16-17H2,1-3H3. The zero-order valence-electron chi connectivity index (χ0n) is 22.7. The van der Waals surface area contributed by atoms with Crippen molar-refractivity contribution >= 4 is 35.1 Å². The molecule has 1 heterocycles. The zero-order valence-corrected chi connectivity index (χ0v) is 24.2. The van der Waals surface area contributed by atoms with Crippen LogP contribution in [-0.2, 0) is 35.1 Å². The highest BCUT2D eigenvalue weighted by Gasteiger charge is 2.40. The van der Waals surface area contributed by atoms with Gasteiger partial charge in [-0.2, -0.15) is 0 Å². The minimum atomic E-state index is -0.891. The van der Waals surface area contributed by atoms with Gasteiger partial charge in [-0.3, -0.25) is 0 Å². The Morgan fingerprint density at radius 2 is 1.77 bits per heavy atom. The van der Waals surface area contributed by atoms with Crippen LogP contribution in [-0.4, -0.2) is 58.6 Å². The molecular formula is C29H33Cl2FN2O6. The van der Waals surface area contributed by atoms with Crippen LogP contribution in [0.1, 0.15) is 30.9 Å². The minimum Gasteiger partial charge on any atom is -0.466 e. The maximum atomic E-state index is 13.3. The number of carbonyl (C=O) groups is 2. The molecule has 0 spiro atoms. The molecule has 0 saturated carbocycles. The first-order chi connectivity index (χ1) is 19.3. The molecule has 0 bridgehead atoms. The maximum Gasteiger partial charge on any atom is 0.336 e. The van der Waals surface area contributed by atoms with E-state index >= 15 is 0 Å². The van der Waals surface area contributed by atoms with E-state index in [0.717, 1.165) is 5.56 Å². The SMILES string of the molecule is CCOC(=O)C1=C(COCCOCCNCc2cccc(F)c2)NC(C)=C(C(=O)OC)C1c1cccc(Cl)c1Cl. The molecule has 2 aromatic carbocycles. The number of carbonyl (C=O) groups excluding carboxylic acids is 2. The second kappa shape index (κ2) is 15.7. The predicted octanol–water partition coefficient (Wildman–Crippen LogP) is 4.91. The molecule has 0 radical (unpaired) electrons. The van der Waals surface area contributed by atoms with Crippen molar-refractivity contribution in [3.63, 3.8) is 0 Å². The number of dihydropyridines is 1. The van der Waals surface area contributed by atoms with E-state index in [-0.39, 0.29) is 46.8 Å². The van der Waals surface area contributed by atoms with Crippen LogP contribution in [0.25, 0.3) is 0 Å². The van der Waals surface area contributed by atoms with Crippen molar-refractivity contribution in [2.24, 2.45) is 0 Å². The number of ether oxygens (including phenoxy) is 4. The van der Waals surface area contributed by atoms with Crippen LogP contribution in [0.3, 0.4) is 0 Å². The fourth-order valence-corrected chi connectivity index (χ4v) is 4.73. The lowest BCUT2D eigenvalue weighted by atomic mass is 9.80. The van der Waals surface area contributed by atoms with Crippen LogP contribution in [0.4, 0.5) is 4.39 Å². The highest BCUT2D eigenvalue weighted by Crippen LogP contribution is 2.43. The average molecular weight is 595 g/mol. The number of hydrogen-bond acceptors (Lipinski definition) is 8. The number of methoxy groups -OCH3 is 1. The Balaban J connectivity index is 1.67. The second-order valence-electron chi connectivity index (χ2n) is 8.82. The van der Waals surface area contributed by atoms with Gasteiger partial charge in [0, 0.05) is 18.8 Å². The van der Waals surface area contributed by atoms with Gasteiger partial charge in [0.1, 0.15) is 5.82 Å². The largest absolute Gasteiger partial charge is 0.466 e. The molecule has 0 saturated heterocycles. The van der Waals surface area contributed by atoms with Crippen LogP contribution >= 0.6 is 23.2 Å². The third-order valence-electron chi connectivity index (χ3n) is 6.10. The monoisotopic (exact) mass is 594 g/mol. The Bertz CT molecular complexity index is 1270. The molecule has 0 aromatic heterocycles. The number of halogens is 3. The Morgan fingerprint density at radius 1 is 1.02 bits per heavy atom. The molecule has 0 aliphatic carbocycles. The molecule has 1 aliphatic heterocycles. The molecule has 0 amide bonds. The topological polar surface area (TPSA) is 95.1 Å². The summed E-state index contributed by atoms with van der Waals surface area (Å²) in [7, 11) is 1.27. The number of nitrogens with one attached hydrogen (secondary N) is 2. The lowest BCUT2D eigenvalue weighted by molar-refractivity contribution is -0.139. The summed E-state index contributed by atoms with van der Waals surface area (Å²) < 4.78 is 35.1. The van der Waals surface area contributed by atoms with Gasteiger partial charge in [-0.05, 0) is 43.2 Å². The number of benzene rings is 2. The van der Waals surface area contributed by atoms with Crippen LogP contribution < -0.4 is 10.6 Å². The smallest absolute Gasteiger partial charge is 0.336 e. The summed E-state index contributed by atoms with van der Waals surface area (Å²) in [5.41, 5.74) is 2.63. The second-order valence-corrected chi connectivity index (χ2v) is 9.60. The molecule has 40 heavy (non-hydrogen) atoms. The summed E-state index contributed by atoms with van der Waals surface area (Å²) in [5, 5.41) is 6.81. The van der Waals surface area contributed by atoms with Gasteiger partial charge in [0.25, 0.3) is 0 Å². The van der Waals surface area contributed by atoms with E-state index in [1.54, 1.807) is 38.1 Å². The highest BCUT2D eigenvalue weighted by atomic mass is 35.5. The van der Waals surface area contributed by atoms with Gasteiger partial charge in [0.15, 0.2) is 0 Å². The first kappa shape index (κ1) is 31.6. The normalized spacial score (nSPS) is 15.2. The van der Waals surface area contributed by atoms with E-state index in [1.807, 2.05) is 6.07 Å². The third-order valence-corrected chi connectivity index (χ3v) is 6.93. The minimum absolute atomic E-state index is 0.0236. The van der Waals surface area contributed by atoms with Gasteiger partial charge in [-0.1, -0.05) is 47.5 Å². The van der Waals surface area contributed by atoms with Crippen molar-refractivity contribution in [2.45, 2.75) is 26.3 Å². The van der Waals surface area contributed by atoms with Crippen molar-refractivity contribution in [2.75, 3.05) is 46.7 Å². The summed E-state index contributed by atoms with van der Waals surface area (Å²) in [6, 6.07) is 11.4. The third kappa shape index (κ3) is 8.28. The molecule has 1 aliphatic rings. The van der Waals surface area contributed by atoms with Crippen molar-refractivity contribution < 1.29 is 32.9 Å². The molecule has 3 rings (SSSR count). The molecule has 11 heteroatoms. The van der Waals surface area contributed by atoms with E-state index in [0.29, 0.717) is 43.3 Å². The quantitative estimate of drug-likeness (QED) is 0.235. The van der Waals surface area contributed by atoms with Crippen molar-refractivity contribution in [1.29, 1.82) is 0 Å². The van der Waals surface area contributed by atoms with E-state index < -0.39 is 17.9 Å². The van der Waals surface area contributed by atoms with Crippen LogP contribution in [0, 0.1) is 5.82 Å². The van der Waals surface area contributed by atoms with E-state index in [1.165, 1.54) is 19.2 Å². The lowest BCUT2D eigenvalue weighted by Gasteiger charge is -2.31. The Hall–Kier alpha value is -2.95. The van der Waals surface area contributed by atoms with Gasteiger partial charge in [0.2, 0.25) is 0 Å². The highest BCUT2D eigenvalue weighted by molar-refractivity contribution is 6.42. The number of rotatable bonds is 14. The fraction of sp³-hybridized carbons (Fsp3) is 0.379. The molecule has 2 aromatic rings. The number of esters is 2.